The third kappa shape index (κ3) is 3.16. The van der Waals surface area contributed by atoms with Gasteiger partial charge >= 0.3 is 6.09 Å². The van der Waals surface area contributed by atoms with Gasteiger partial charge in [-0.3, -0.25) is 5.32 Å². The fourth-order valence-corrected chi connectivity index (χ4v) is 2.13. The van der Waals surface area contributed by atoms with Gasteiger partial charge in [-0.2, -0.15) is 0 Å². The number of rotatable bonds is 1. The number of benzene rings is 1. The molecule has 18 heavy (non-hydrogen) atoms. The molecule has 0 saturated carbocycles. The average molecular weight is 314 g/mol. The van der Waals surface area contributed by atoms with Gasteiger partial charge in [-0.25, -0.2) is 4.79 Å². The maximum absolute atomic E-state index is 11.7. The summed E-state index contributed by atoms with van der Waals surface area (Å²) in [7, 11) is 0. The predicted molar refractivity (Wildman–Crippen MR) is 73.2 cm³/mol. The number of ether oxygens (including phenoxy) is 2. The molecule has 1 aromatic rings. The Balaban J connectivity index is 2.12. The van der Waals surface area contributed by atoms with Crippen molar-refractivity contribution in [2.75, 3.05) is 11.9 Å². The summed E-state index contributed by atoms with van der Waals surface area (Å²) in [5.74, 6) is 0.872. The van der Waals surface area contributed by atoms with Crippen molar-refractivity contribution < 1.29 is 14.3 Å². The summed E-state index contributed by atoms with van der Waals surface area (Å²) in [6.45, 7) is 6.19. The lowest BCUT2D eigenvalue weighted by Gasteiger charge is -2.20. The molecule has 1 N–H and O–H groups in total. The third-order valence-electron chi connectivity index (χ3n) is 2.41. The summed E-state index contributed by atoms with van der Waals surface area (Å²) in [6.07, 6.45) is 0.410. The van der Waals surface area contributed by atoms with Crippen LogP contribution in [-0.2, 0) is 11.2 Å². The van der Waals surface area contributed by atoms with Crippen LogP contribution in [0.5, 0.6) is 5.75 Å². The number of amides is 1. The Morgan fingerprint density at radius 1 is 1.44 bits per heavy atom. The molecule has 1 aliphatic rings. The molecule has 2 rings (SSSR count). The molecule has 0 bridgehead atoms. The van der Waals surface area contributed by atoms with Crippen molar-refractivity contribution in [2.45, 2.75) is 32.8 Å². The fourth-order valence-electron chi connectivity index (χ4n) is 1.71. The lowest BCUT2D eigenvalue weighted by molar-refractivity contribution is 0.0636. The number of nitrogens with one attached hydrogen (secondary N) is 1. The summed E-state index contributed by atoms with van der Waals surface area (Å²) in [5.41, 5.74) is 1.30. The van der Waals surface area contributed by atoms with Gasteiger partial charge in [-0.1, -0.05) is 0 Å². The van der Waals surface area contributed by atoms with Crippen LogP contribution >= 0.6 is 15.9 Å². The highest BCUT2D eigenvalue weighted by Crippen LogP contribution is 2.34. The lowest BCUT2D eigenvalue weighted by atomic mass is 10.1. The largest absolute Gasteiger partial charge is 0.493 e. The van der Waals surface area contributed by atoms with Crippen LogP contribution in [0.4, 0.5) is 10.5 Å². The number of carbonyl (C=O) groups is 1. The van der Waals surface area contributed by atoms with Crippen LogP contribution in [0.15, 0.2) is 16.6 Å². The van der Waals surface area contributed by atoms with E-state index < -0.39 is 11.7 Å². The van der Waals surface area contributed by atoms with Gasteiger partial charge in [0.2, 0.25) is 0 Å². The van der Waals surface area contributed by atoms with Gasteiger partial charge in [-0.15, -0.1) is 0 Å². The molecule has 5 heteroatoms. The Hall–Kier alpha value is -1.23. The zero-order valence-electron chi connectivity index (χ0n) is 10.7. The molecule has 0 aromatic heterocycles. The van der Waals surface area contributed by atoms with Gasteiger partial charge in [0, 0.05) is 10.9 Å². The predicted octanol–water partition coefficient (Wildman–Crippen LogP) is 3.73. The first-order valence-electron chi connectivity index (χ1n) is 5.80. The van der Waals surface area contributed by atoms with Crippen LogP contribution in [-0.4, -0.2) is 18.3 Å². The molecular formula is C13H16BrNO3. The van der Waals surface area contributed by atoms with Crippen molar-refractivity contribution in [1.82, 2.24) is 0 Å². The number of fused-ring (bicyclic) bond motifs is 1. The Morgan fingerprint density at radius 2 is 2.17 bits per heavy atom. The highest BCUT2D eigenvalue weighted by Gasteiger charge is 2.19. The molecule has 1 heterocycles. The second-order valence-corrected chi connectivity index (χ2v) is 6.02. The van der Waals surface area contributed by atoms with E-state index in [-0.39, 0.29) is 0 Å². The molecule has 0 radical (unpaired) electrons. The zero-order chi connectivity index (χ0) is 13.3. The van der Waals surface area contributed by atoms with Gasteiger partial charge in [-0.05, 0) is 54.4 Å². The van der Waals surface area contributed by atoms with Crippen molar-refractivity contribution in [3.05, 3.63) is 22.2 Å². The van der Waals surface area contributed by atoms with Gasteiger partial charge < -0.3 is 9.47 Å². The van der Waals surface area contributed by atoms with Crippen LogP contribution in [0.2, 0.25) is 0 Å². The van der Waals surface area contributed by atoms with Crippen molar-refractivity contribution >= 4 is 27.7 Å². The van der Waals surface area contributed by atoms with Crippen LogP contribution in [0.1, 0.15) is 26.3 Å². The molecule has 1 aliphatic heterocycles. The minimum Gasteiger partial charge on any atom is -0.493 e. The highest BCUT2D eigenvalue weighted by molar-refractivity contribution is 9.10. The molecule has 0 saturated heterocycles. The average Bonchev–Trinajstić information content (AvgIpc) is 2.62. The fraction of sp³-hybridized carbons (Fsp3) is 0.462. The molecule has 0 fully saturated rings. The Kier molecular flexibility index (Phi) is 3.52. The minimum atomic E-state index is -0.504. The smallest absolute Gasteiger partial charge is 0.412 e. The number of carbonyl (C=O) groups excluding carboxylic acids is 1. The van der Waals surface area contributed by atoms with Crippen LogP contribution < -0.4 is 10.1 Å². The van der Waals surface area contributed by atoms with Crippen LogP contribution in [0.25, 0.3) is 0 Å². The van der Waals surface area contributed by atoms with E-state index in [1.807, 2.05) is 32.9 Å². The standard InChI is InChI=1S/C13H16BrNO3/c1-13(2,3)18-12(16)15-10-6-8-4-5-17-11(8)7-9(10)14/h6-7H,4-5H2,1-3H3,(H,15,16). The van der Waals surface area contributed by atoms with E-state index in [1.165, 1.54) is 0 Å². The molecule has 0 spiro atoms. The normalized spacial score (nSPS) is 13.8. The first-order chi connectivity index (χ1) is 8.35. The van der Waals surface area contributed by atoms with E-state index in [2.05, 4.69) is 21.2 Å². The van der Waals surface area contributed by atoms with Crippen molar-refractivity contribution in [1.29, 1.82) is 0 Å². The molecule has 1 aromatic carbocycles. The molecule has 98 valence electrons. The van der Waals surface area contributed by atoms with E-state index in [4.69, 9.17) is 9.47 Å². The molecular weight excluding hydrogens is 298 g/mol. The molecule has 0 atom stereocenters. The van der Waals surface area contributed by atoms with E-state index in [9.17, 15) is 4.79 Å². The topological polar surface area (TPSA) is 47.6 Å². The maximum atomic E-state index is 11.7. The van der Waals surface area contributed by atoms with E-state index in [0.717, 1.165) is 22.2 Å². The SMILES string of the molecule is CC(C)(C)OC(=O)Nc1cc2c(cc1Br)OCC2. The lowest BCUT2D eigenvalue weighted by Crippen LogP contribution is -2.27. The second kappa shape index (κ2) is 4.80. The molecule has 0 unspecified atom stereocenters. The number of hydrogen-bond donors (Lipinski definition) is 1. The number of hydrogen-bond acceptors (Lipinski definition) is 3. The number of halogens is 1. The maximum Gasteiger partial charge on any atom is 0.412 e. The zero-order valence-corrected chi connectivity index (χ0v) is 12.3. The summed E-state index contributed by atoms with van der Waals surface area (Å²) in [5, 5.41) is 2.73. The molecule has 1 amide bonds. The van der Waals surface area contributed by atoms with Crippen LogP contribution in [0, 0.1) is 0 Å². The van der Waals surface area contributed by atoms with Gasteiger partial charge in [0.05, 0.1) is 12.3 Å². The van der Waals surface area contributed by atoms with Gasteiger partial charge in [0.15, 0.2) is 0 Å². The van der Waals surface area contributed by atoms with E-state index in [0.29, 0.717) is 12.3 Å². The van der Waals surface area contributed by atoms with Gasteiger partial charge in [0.25, 0.3) is 0 Å². The van der Waals surface area contributed by atoms with Crippen molar-refractivity contribution in [2.24, 2.45) is 0 Å². The van der Waals surface area contributed by atoms with E-state index in [1.54, 1.807) is 0 Å². The summed E-state index contributed by atoms with van der Waals surface area (Å²) >= 11 is 3.41. The second-order valence-electron chi connectivity index (χ2n) is 5.17. The third-order valence-corrected chi connectivity index (χ3v) is 3.07. The van der Waals surface area contributed by atoms with Crippen LogP contribution in [0.3, 0.4) is 0 Å². The highest BCUT2D eigenvalue weighted by atomic mass is 79.9. The summed E-state index contributed by atoms with van der Waals surface area (Å²) in [4.78, 5) is 11.7. The van der Waals surface area contributed by atoms with Crippen molar-refractivity contribution in [3.8, 4) is 5.75 Å². The van der Waals surface area contributed by atoms with E-state index >= 15 is 0 Å². The number of anilines is 1. The quantitative estimate of drug-likeness (QED) is 0.859. The first kappa shape index (κ1) is 13.2. The first-order valence-corrected chi connectivity index (χ1v) is 6.60. The Bertz CT molecular complexity index is 480. The Labute approximate surface area is 115 Å². The summed E-state index contributed by atoms with van der Waals surface area (Å²) in [6, 6.07) is 3.78. The van der Waals surface area contributed by atoms with Gasteiger partial charge in [0.1, 0.15) is 11.4 Å². The monoisotopic (exact) mass is 313 g/mol. The van der Waals surface area contributed by atoms with Crippen molar-refractivity contribution in [3.63, 3.8) is 0 Å². The minimum absolute atomic E-state index is 0.456. The molecule has 0 aliphatic carbocycles. The molecule has 4 nitrogen and oxygen atoms in total. The summed E-state index contributed by atoms with van der Waals surface area (Å²) < 4.78 is 11.4. The Morgan fingerprint density at radius 3 is 2.83 bits per heavy atom.